The van der Waals surface area contributed by atoms with Crippen molar-refractivity contribution in [3.05, 3.63) is 35.9 Å². The summed E-state index contributed by atoms with van der Waals surface area (Å²) in [6, 6.07) is 9.27. The molecule has 0 unspecified atom stereocenters. The highest BCUT2D eigenvalue weighted by Gasteiger charge is 2.15. The van der Waals surface area contributed by atoms with Crippen LogP contribution in [0.2, 0.25) is 0 Å². The second-order valence-corrected chi connectivity index (χ2v) is 6.65. The van der Waals surface area contributed by atoms with E-state index < -0.39 is 6.04 Å². The lowest BCUT2D eigenvalue weighted by Crippen LogP contribution is -2.34. The Balaban J connectivity index is 1.94. The van der Waals surface area contributed by atoms with Gasteiger partial charge in [0.2, 0.25) is 0 Å². The number of hydrogen-bond acceptors (Lipinski definition) is 3. The van der Waals surface area contributed by atoms with E-state index in [4.69, 9.17) is 10.5 Å². The molecule has 0 aliphatic carbocycles. The number of hydrogen-bond donors (Lipinski definition) is 1. The lowest BCUT2D eigenvalue weighted by atomic mass is 10.1. The Hall–Kier alpha value is -1.35. The molecule has 0 bridgehead atoms. The molecule has 0 aliphatic rings. The number of benzene rings is 1. The molecule has 136 valence electrons. The first kappa shape index (κ1) is 20.7. The maximum absolute atomic E-state index is 11.9. The van der Waals surface area contributed by atoms with Crippen LogP contribution >= 0.6 is 0 Å². The second kappa shape index (κ2) is 14.0. The van der Waals surface area contributed by atoms with Crippen LogP contribution in [0.15, 0.2) is 30.3 Å². The number of esters is 1. The van der Waals surface area contributed by atoms with Crippen LogP contribution in [0.4, 0.5) is 0 Å². The first-order valence-corrected chi connectivity index (χ1v) is 9.70. The predicted octanol–water partition coefficient (Wildman–Crippen LogP) is 5.02. The Labute approximate surface area is 148 Å². The SMILES string of the molecule is CCCCCCCCCCCCOC(=O)[C@@H](N)Cc1ccccc1. The van der Waals surface area contributed by atoms with Crippen LogP contribution in [-0.4, -0.2) is 18.6 Å². The molecule has 24 heavy (non-hydrogen) atoms. The van der Waals surface area contributed by atoms with Gasteiger partial charge in [0.05, 0.1) is 6.61 Å². The van der Waals surface area contributed by atoms with Crippen molar-refractivity contribution >= 4 is 5.97 Å². The maximum atomic E-state index is 11.9. The zero-order chi connectivity index (χ0) is 17.5. The molecule has 0 aromatic heterocycles. The van der Waals surface area contributed by atoms with Crippen LogP contribution in [0.25, 0.3) is 0 Å². The molecule has 1 atom stereocenters. The number of unbranched alkanes of at least 4 members (excludes halogenated alkanes) is 9. The lowest BCUT2D eigenvalue weighted by Gasteiger charge is -2.11. The molecule has 0 amide bonds. The van der Waals surface area contributed by atoms with Gasteiger partial charge in [0, 0.05) is 0 Å². The van der Waals surface area contributed by atoms with Crippen molar-refractivity contribution in [3.63, 3.8) is 0 Å². The Morgan fingerprint density at radius 1 is 0.917 bits per heavy atom. The van der Waals surface area contributed by atoms with Crippen LogP contribution in [0.3, 0.4) is 0 Å². The highest BCUT2D eigenvalue weighted by Crippen LogP contribution is 2.10. The number of ether oxygens (including phenoxy) is 1. The summed E-state index contributed by atoms with van der Waals surface area (Å²) in [6.45, 7) is 2.75. The molecule has 0 aliphatic heterocycles. The summed E-state index contributed by atoms with van der Waals surface area (Å²) in [5.41, 5.74) is 6.98. The average Bonchev–Trinajstić information content (AvgIpc) is 2.60. The molecule has 0 spiro atoms. The van der Waals surface area contributed by atoms with E-state index in [1.54, 1.807) is 0 Å². The third-order valence-electron chi connectivity index (χ3n) is 4.34. The Morgan fingerprint density at radius 2 is 1.46 bits per heavy atom. The van der Waals surface area contributed by atoms with E-state index in [0.717, 1.165) is 18.4 Å². The standard InChI is InChI=1S/C21H35NO2/c1-2-3-4-5-6-7-8-9-10-14-17-24-21(23)20(22)18-19-15-12-11-13-16-19/h11-13,15-16,20H,2-10,14,17-18,22H2,1H3/t20-/m0/s1. The third kappa shape index (κ3) is 10.4. The molecular formula is C21H35NO2. The van der Waals surface area contributed by atoms with Crippen molar-refractivity contribution in [2.45, 2.75) is 83.6 Å². The van der Waals surface area contributed by atoms with Crippen molar-refractivity contribution in [2.75, 3.05) is 6.61 Å². The van der Waals surface area contributed by atoms with E-state index in [1.165, 1.54) is 51.4 Å². The highest BCUT2D eigenvalue weighted by molar-refractivity contribution is 5.75. The molecule has 0 fully saturated rings. The van der Waals surface area contributed by atoms with Gasteiger partial charge in [0.25, 0.3) is 0 Å². The van der Waals surface area contributed by atoms with E-state index in [9.17, 15) is 4.79 Å². The van der Waals surface area contributed by atoms with Gasteiger partial charge in [-0.2, -0.15) is 0 Å². The van der Waals surface area contributed by atoms with Crippen LogP contribution in [0.5, 0.6) is 0 Å². The van der Waals surface area contributed by atoms with Gasteiger partial charge in [0.15, 0.2) is 0 Å². The molecule has 1 aromatic carbocycles. The largest absolute Gasteiger partial charge is 0.465 e. The van der Waals surface area contributed by atoms with Gasteiger partial charge in [-0.05, 0) is 18.4 Å². The second-order valence-electron chi connectivity index (χ2n) is 6.65. The summed E-state index contributed by atoms with van der Waals surface area (Å²) in [5, 5.41) is 0. The van der Waals surface area contributed by atoms with E-state index in [-0.39, 0.29) is 5.97 Å². The van der Waals surface area contributed by atoms with Gasteiger partial charge in [-0.15, -0.1) is 0 Å². The topological polar surface area (TPSA) is 52.3 Å². The first-order chi connectivity index (χ1) is 11.7. The molecule has 0 saturated carbocycles. The van der Waals surface area contributed by atoms with Crippen LogP contribution in [-0.2, 0) is 16.0 Å². The van der Waals surface area contributed by atoms with Gasteiger partial charge < -0.3 is 10.5 Å². The fraction of sp³-hybridized carbons (Fsp3) is 0.667. The Bertz CT molecular complexity index is 419. The summed E-state index contributed by atoms with van der Waals surface area (Å²) in [7, 11) is 0. The van der Waals surface area contributed by atoms with Crippen LogP contribution in [0.1, 0.15) is 76.7 Å². The molecule has 1 aromatic rings. The monoisotopic (exact) mass is 333 g/mol. The minimum atomic E-state index is -0.560. The first-order valence-electron chi connectivity index (χ1n) is 9.70. The smallest absolute Gasteiger partial charge is 0.323 e. The van der Waals surface area contributed by atoms with Crippen molar-refractivity contribution in [1.29, 1.82) is 0 Å². The van der Waals surface area contributed by atoms with E-state index in [1.807, 2.05) is 30.3 Å². The fourth-order valence-electron chi connectivity index (χ4n) is 2.82. The van der Waals surface area contributed by atoms with Gasteiger partial charge in [-0.25, -0.2) is 0 Å². The summed E-state index contributed by atoms with van der Waals surface area (Å²) in [6.07, 6.45) is 13.3. The van der Waals surface area contributed by atoms with Gasteiger partial charge in [0.1, 0.15) is 6.04 Å². The number of carbonyl (C=O) groups is 1. The molecule has 0 radical (unpaired) electrons. The summed E-state index contributed by atoms with van der Waals surface area (Å²) < 4.78 is 5.28. The molecule has 2 N–H and O–H groups in total. The van der Waals surface area contributed by atoms with E-state index >= 15 is 0 Å². The van der Waals surface area contributed by atoms with Crippen molar-refractivity contribution < 1.29 is 9.53 Å². The van der Waals surface area contributed by atoms with Crippen molar-refractivity contribution in [1.82, 2.24) is 0 Å². The summed E-state index contributed by atoms with van der Waals surface area (Å²) in [5.74, 6) is -0.283. The molecule has 3 nitrogen and oxygen atoms in total. The third-order valence-corrected chi connectivity index (χ3v) is 4.34. The highest BCUT2D eigenvalue weighted by atomic mass is 16.5. The quantitative estimate of drug-likeness (QED) is 0.384. The van der Waals surface area contributed by atoms with Gasteiger partial charge in [-0.1, -0.05) is 95.0 Å². The predicted molar refractivity (Wildman–Crippen MR) is 101 cm³/mol. The number of nitrogens with two attached hydrogens (primary N) is 1. The Kier molecular flexibility index (Phi) is 12.1. The minimum absolute atomic E-state index is 0.283. The van der Waals surface area contributed by atoms with Crippen molar-refractivity contribution in [3.8, 4) is 0 Å². The molecular weight excluding hydrogens is 298 g/mol. The fourth-order valence-corrected chi connectivity index (χ4v) is 2.82. The zero-order valence-electron chi connectivity index (χ0n) is 15.3. The summed E-state index contributed by atoms with van der Waals surface area (Å²) >= 11 is 0. The van der Waals surface area contributed by atoms with Gasteiger partial charge in [-0.3, -0.25) is 4.79 Å². The lowest BCUT2D eigenvalue weighted by molar-refractivity contribution is -0.145. The van der Waals surface area contributed by atoms with E-state index in [0.29, 0.717) is 13.0 Å². The molecule has 0 heterocycles. The van der Waals surface area contributed by atoms with Crippen molar-refractivity contribution in [2.24, 2.45) is 5.73 Å². The normalized spacial score (nSPS) is 12.1. The number of carbonyl (C=O) groups excluding carboxylic acids is 1. The molecule has 1 rings (SSSR count). The average molecular weight is 334 g/mol. The maximum Gasteiger partial charge on any atom is 0.323 e. The molecule has 0 saturated heterocycles. The van der Waals surface area contributed by atoms with Crippen LogP contribution in [0, 0.1) is 0 Å². The molecule has 3 heteroatoms. The summed E-state index contributed by atoms with van der Waals surface area (Å²) in [4.78, 5) is 11.9. The van der Waals surface area contributed by atoms with Crippen LogP contribution < -0.4 is 5.73 Å². The Morgan fingerprint density at radius 3 is 2.04 bits per heavy atom. The minimum Gasteiger partial charge on any atom is -0.465 e. The van der Waals surface area contributed by atoms with Gasteiger partial charge >= 0.3 is 5.97 Å². The number of rotatable bonds is 14. The zero-order valence-corrected chi connectivity index (χ0v) is 15.3. The van der Waals surface area contributed by atoms with E-state index in [2.05, 4.69) is 6.92 Å².